The average Bonchev–Trinajstić information content (AvgIpc) is 2.17. The number of nitrogens with two attached hydrogens (primary N) is 1. The fourth-order valence-corrected chi connectivity index (χ4v) is 3.65. The fraction of sp³-hybridized carbons (Fsp3) is 0.800. The predicted molar refractivity (Wildman–Crippen MR) is 62.0 cm³/mol. The first-order chi connectivity index (χ1) is 6.99. The van der Waals surface area contributed by atoms with Crippen LogP contribution in [0.2, 0.25) is 0 Å². The number of rotatable bonds is 4. The Bertz CT molecular complexity index is 311. The van der Waals surface area contributed by atoms with E-state index in [4.69, 9.17) is 5.73 Å². The third-order valence-corrected chi connectivity index (χ3v) is 4.62. The van der Waals surface area contributed by atoms with Crippen molar-refractivity contribution in [3.8, 4) is 0 Å². The minimum absolute atomic E-state index is 0.0101. The zero-order valence-electron chi connectivity index (χ0n) is 9.22. The van der Waals surface area contributed by atoms with Crippen molar-refractivity contribution < 1.29 is 8.42 Å². The molecular formula is C10H20N2O2S. The van der Waals surface area contributed by atoms with E-state index in [0.29, 0.717) is 6.54 Å². The second-order valence-corrected chi connectivity index (χ2v) is 6.07. The number of piperidine rings is 1. The van der Waals surface area contributed by atoms with Crippen molar-refractivity contribution in [3.05, 3.63) is 12.7 Å². The molecule has 1 rings (SSSR count). The van der Waals surface area contributed by atoms with Gasteiger partial charge in [-0.25, -0.2) is 8.42 Å². The molecule has 0 bridgehead atoms. The lowest BCUT2D eigenvalue weighted by atomic mass is 10.00. The highest BCUT2D eigenvalue weighted by Crippen LogP contribution is 2.22. The van der Waals surface area contributed by atoms with Crippen LogP contribution in [0.25, 0.3) is 0 Å². The van der Waals surface area contributed by atoms with Crippen LogP contribution in [0.15, 0.2) is 12.7 Å². The highest BCUT2D eigenvalue weighted by atomic mass is 32.2. The summed E-state index contributed by atoms with van der Waals surface area (Å²) in [7, 11) is -3.19. The molecule has 0 radical (unpaired) electrons. The smallest absolute Gasteiger partial charge is 0.217 e. The Kier molecular flexibility index (Phi) is 4.31. The van der Waals surface area contributed by atoms with Gasteiger partial charge in [-0.1, -0.05) is 12.5 Å². The van der Waals surface area contributed by atoms with Crippen LogP contribution < -0.4 is 5.73 Å². The summed E-state index contributed by atoms with van der Waals surface area (Å²) in [5.74, 6) is 0.0101. The van der Waals surface area contributed by atoms with Crippen molar-refractivity contribution in [2.24, 2.45) is 5.73 Å². The number of hydrogen-bond donors (Lipinski definition) is 1. The van der Waals surface area contributed by atoms with Gasteiger partial charge in [0.2, 0.25) is 10.0 Å². The Morgan fingerprint density at radius 3 is 2.80 bits per heavy atom. The van der Waals surface area contributed by atoms with E-state index in [1.54, 1.807) is 4.31 Å². The van der Waals surface area contributed by atoms with E-state index in [2.05, 4.69) is 6.58 Å². The molecule has 5 heteroatoms. The van der Waals surface area contributed by atoms with Gasteiger partial charge in [0.25, 0.3) is 0 Å². The number of nitrogens with zero attached hydrogens (tertiary/aromatic N) is 1. The van der Waals surface area contributed by atoms with Crippen LogP contribution >= 0.6 is 0 Å². The van der Waals surface area contributed by atoms with Gasteiger partial charge in [-0.05, 0) is 19.8 Å². The van der Waals surface area contributed by atoms with E-state index in [0.717, 1.165) is 19.3 Å². The van der Waals surface area contributed by atoms with Crippen molar-refractivity contribution in [1.82, 2.24) is 4.31 Å². The van der Waals surface area contributed by atoms with E-state index in [-0.39, 0.29) is 17.8 Å². The lowest BCUT2D eigenvalue weighted by Crippen LogP contribution is -2.52. The summed E-state index contributed by atoms with van der Waals surface area (Å²) in [6.45, 7) is 5.94. The van der Waals surface area contributed by atoms with Gasteiger partial charge in [0.15, 0.2) is 0 Å². The monoisotopic (exact) mass is 232 g/mol. The maximum atomic E-state index is 11.9. The molecule has 2 N–H and O–H groups in total. The summed E-state index contributed by atoms with van der Waals surface area (Å²) in [5.41, 5.74) is 5.82. The molecule has 2 unspecified atom stereocenters. The topological polar surface area (TPSA) is 63.4 Å². The van der Waals surface area contributed by atoms with Crippen molar-refractivity contribution in [3.63, 3.8) is 0 Å². The molecule has 4 nitrogen and oxygen atoms in total. The van der Waals surface area contributed by atoms with Gasteiger partial charge in [-0.2, -0.15) is 4.31 Å². The minimum Gasteiger partial charge on any atom is -0.326 e. The van der Waals surface area contributed by atoms with Gasteiger partial charge in [0.1, 0.15) is 0 Å². The standard InChI is InChI=1S/C10H20N2O2S/c1-3-8-15(13,14)12-7-5-4-6-10(12)9(2)11/h3,9-10H,1,4-8,11H2,2H3. The van der Waals surface area contributed by atoms with Crippen LogP contribution in [0.1, 0.15) is 26.2 Å². The van der Waals surface area contributed by atoms with Crippen LogP contribution in [-0.2, 0) is 10.0 Å². The Morgan fingerprint density at radius 2 is 2.27 bits per heavy atom. The maximum Gasteiger partial charge on any atom is 0.217 e. The Morgan fingerprint density at radius 1 is 1.60 bits per heavy atom. The zero-order valence-corrected chi connectivity index (χ0v) is 10.0. The number of sulfonamides is 1. The first-order valence-electron chi connectivity index (χ1n) is 5.35. The van der Waals surface area contributed by atoms with Gasteiger partial charge in [0.05, 0.1) is 5.75 Å². The fourth-order valence-electron chi connectivity index (χ4n) is 2.05. The molecule has 0 saturated carbocycles. The van der Waals surface area contributed by atoms with E-state index in [1.807, 2.05) is 6.92 Å². The molecule has 0 aromatic carbocycles. The molecule has 88 valence electrons. The van der Waals surface area contributed by atoms with Gasteiger partial charge in [0, 0.05) is 18.6 Å². The molecule has 15 heavy (non-hydrogen) atoms. The lowest BCUT2D eigenvalue weighted by molar-refractivity contribution is 0.228. The molecule has 0 spiro atoms. The molecule has 1 heterocycles. The summed E-state index contributed by atoms with van der Waals surface area (Å²) in [5, 5.41) is 0. The van der Waals surface area contributed by atoms with E-state index >= 15 is 0 Å². The highest BCUT2D eigenvalue weighted by Gasteiger charge is 2.33. The van der Waals surface area contributed by atoms with E-state index in [1.165, 1.54) is 6.08 Å². The van der Waals surface area contributed by atoms with Crippen LogP contribution in [0.4, 0.5) is 0 Å². The Balaban J connectivity index is 2.84. The second kappa shape index (κ2) is 5.09. The molecule has 0 aromatic rings. The summed E-state index contributed by atoms with van der Waals surface area (Å²) in [6, 6.07) is -0.145. The molecule has 1 fully saturated rings. The first-order valence-corrected chi connectivity index (χ1v) is 6.96. The van der Waals surface area contributed by atoms with Crippen molar-refractivity contribution >= 4 is 10.0 Å². The third-order valence-electron chi connectivity index (χ3n) is 2.79. The largest absolute Gasteiger partial charge is 0.326 e. The Hall–Kier alpha value is -0.390. The van der Waals surface area contributed by atoms with E-state index in [9.17, 15) is 8.42 Å². The predicted octanol–water partition coefficient (Wildman–Crippen LogP) is 0.704. The van der Waals surface area contributed by atoms with Crippen molar-refractivity contribution in [2.45, 2.75) is 38.3 Å². The van der Waals surface area contributed by atoms with E-state index < -0.39 is 10.0 Å². The van der Waals surface area contributed by atoms with Gasteiger partial charge in [-0.3, -0.25) is 0 Å². The summed E-state index contributed by atoms with van der Waals surface area (Å²) in [6.07, 6.45) is 4.29. The van der Waals surface area contributed by atoms with Crippen LogP contribution in [-0.4, -0.2) is 37.1 Å². The van der Waals surface area contributed by atoms with Crippen LogP contribution in [0, 0.1) is 0 Å². The molecule has 0 aromatic heterocycles. The molecule has 2 atom stereocenters. The Labute approximate surface area is 92.2 Å². The summed E-state index contributed by atoms with van der Waals surface area (Å²) >= 11 is 0. The maximum absolute atomic E-state index is 11.9. The molecule has 0 amide bonds. The molecule has 1 aliphatic rings. The first kappa shape index (κ1) is 12.7. The average molecular weight is 232 g/mol. The summed E-state index contributed by atoms with van der Waals surface area (Å²) < 4.78 is 25.4. The SMILES string of the molecule is C=CCS(=O)(=O)N1CCCCC1C(C)N. The quantitative estimate of drug-likeness (QED) is 0.726. The normalized spacial score (nSPS) is 26.1. The summed E-state index contributed by atoms with van der Waals surface area (Å²) in [4.78, 5) is 0. The van der Waals surface area contributed by atoms with Gasteiger partial charge < -0.3 is 5.73 Å². The number of hydrogen-bond acceptors (Lipinski definition) is 3. The molecule has 1 aliphatic heterocycles. The molecule has 0 aliphatic carbocycles. The molecule has 1 saturated heterocycles. The molecular weight excluding hydrogens is 212 g/mol. The highest BCUT2D eigenvalue weighted by molar-refractivity contribution is 7.89. The van der Waals surface area contributed by atoms with Gasteiger partial charge in [-0.15, -0.1) is 6.58 Å². The van der Waals surface area contributed by atoms with Gasteiger partial charge >= 0.3 is 0 Å². The minimum atomic E-state index is -3.19. The lowest BCUT2D eigenvalue weighted by Gasteiger charge is -2.36. The van der Waals surface area contributed by atoms with Crippen LogP contribution in [0.5, 0.6) is 0 Å². The van der Waals surface area contributed by atoms with Crippen molar-refractivity contribution in [1.29, 1.82) is 0 Å². The zero-order chi connectivity index (χ0) is 11.5. The second-order valence-electron chi connectivity index (χ2n) is 4.10. The third kappa shape index (κ3) is 3.03. The van der Waals surface area contributed by atoms with Crippen molar-refractivity contribution in [2.75, 3.05) is 12.3 Å². The van der Waals surface area contributed by atoms with Crippen LogP contribution in [0.3, 0.4) is 0 Å².